The van der Waals surface area contributed by atoms with E-state index in [2.05, 4.69) is 10.3 Å². The summed E-state index contributed by atoms with van der Waals surface area (Å²) in [5, 5.41) is 2.87. The molecule has 1 aromatic carbocycles. The number of aryl methyl sites for hydroxylation is 1. The molecule has 0 atom stereocenters. The first kappa shape index (κ1) is 12.6. The molecule has 0 amide bonds. The number of pyridine rings is 1. The predicted molar refractivity (Wildman–Crippen MR) is 73.6 cm³/mol. The number of hydrogen-bond donors (Lipinski definition) is 1. The Balaban J connectivity index is 1.81. The number of nitrogens with zero attached hydrogens (tertiary/aromatic N) is 2. The third-order valence-corrected chi connectivity index (χ3v) is 3.12. The number of hydrogen-bond acceptors (Lipinski definition) is 2. The number of benzene rings is 1. The normalized spacial score (nSPS) is 10.9. The lowest BCUT2D eigenvalue weighted by Gasteiger charge is -2.07. The lowest BCUT2D eigenvalue weighted by molar-refractivity contribution is 0.594. The van der Waals surface area contributed by atoms with Gasteiger partial charge in [-0.15, -0.1) is 0 Å². The lowest BCUT2D eigenvalue weighted by atomic mass is 10.2. The Bertz CT molecular complexity index is 732. The summed E-state index contributed by atoms with van der Waals surface area (Å²) >= 11 is 0. The maximum atomic E-state index is 13.7. The number of aromatic nitrogens is 2. The second kappa shape index (κ2) is 4.92. The molecule has 0 aliphatic rings. The van der Waals surface area contributed by atoms with E-state index in [0.29, 0.717) is 12.1 Å². The summed E-state index contributed by atoms with van der Waals surface area (Å²) in [6.07, 6.45) is 3.74. The largest absolute Gasteiger partial charge is 0.377 e. The van der Waals surface area contributed by atoms with Gasteiger partial charge in [-0.3, -0.25) is 0 Å². The lowest BCUT2D eigenvalue weighted by Crippen LogP contribution is -2.03. The van der Waals surface area contributed by atoms with Gasteiger partial charge in [0.2, 0.25) is 0 Å². The van der Waals surface area contributed by atoms with Crippen molar-refractivity contribution in [3.05, 3.63) is 65.6 Å². The van der Waals surface area contributed by atoms with Crippen LogP contribution in [0.2, 0.25) is 0 Å². The van der Waals surface area contributed by atoms with Gasteiger partial charge in [0.1, 0.15) is 17.3 Å². The Labute approximate surface area is 114 Å². The predicted octanol–water partition coefficient (Wildman–Crippen LogP) is 3.53. The molecule has 0 spiro atoms. The number of fused-ring (bicyclic) bond motifs is 1. The number of imidazole rings is 1. The van der Waals surface area contributed by atoms with Crippen molar-refractivity contribution in [2.24, 2.45) is 0 Å². The van der Waals surface area contributed by atoms with Gasteiger partial charge in [0.15, 0.2) is 0 Å². The quantitative estimate of drug-likeness (QED) is 0.791. The summed E-state index contributed by atoms with van der Waals surface area (Å²) in [6.45, 7) is 1.87. The highest BCUT2D eigenvalue weighted by Gasteiger charge is 2.08. The summed E-state index contributed by atoms with van der Waals surface area (Å²) < 4.78 is 29.0. The first-order valence-electron chi connectivity index (χ1n) is 6.25. The molecule has 0 bridgehead atoms. The molecular formula is C15H13F2N3. The molecule has 0 saturated heterocycles. The highest BCUT2D eigenvalue weighted by atomic mass is 19.1. The van der Waals surface area contributed by atoms with Crippen LogP contribution in [0.3, 0.4) is 0 Å². The van der Waals surface area contributed by atoms with Gasteiger partial charge in [-0.05, 0) is 30.7 Å². The Morgan fingerprint density at radius 3 is 2.85 bits per heavy atom. The van der Waals surface area contributed by atoms with Gasteiger partial charge in [0, 0.05) is 18.5 Å². The van der Waals surface area contributed by atoms with Crippen LogP contribution in [0.25, 0.3) is 5.65 Å². The van der Waals surface area contributed by atoms with Crippen molar-refractivity contribution in [1.82, 2.24) is 9.38 Å². The van der Waals surface area contributed by atoms with Crippen LogP contribution >= 0.6 is 0 Å². The maximum absolute atomic E-state index is 13.7. The molecule has 0 unspecified atom stereocenters. The van der Waals surface area contributed by atoms with Gasteiger partial charge in [-0.2, -0.15) is 0 Å². The number of anilines is 1. The molecule has 2 aromatic heterocycles. The molecule has 0 fully saturated rings. The van der Waals surface area contributed by atoms with Crippen LogP contribution in [0, 0.1) is 18.6 Å². The summed E-state index contributed by atoms with van der Waals surface area (Å²) in [7, 11) is 0. The molecule has 5 heteroatoms. The van der Waals surface area contributed by atoms with Crippen molar-refractivity contribution in [1.29, 1.82) is 0 Å². The zero-order valence-corrected chi connectivity index (χ0v) is 10.9. The minimum atomic E-state index is -0.465. The molecule has 20 heavy (non-hydrogen) atoms. The van der Waals surface area contributed by atoms with Crippen LogP contribution < -0.4 is 5.32 Å². The van der Waals surface area contributed by atoms with E-state index in [1.807, 2.05) is 35.0 Å². The zero-order chi connectivity index (χ0) is 14.1. The topological polar surface area (TPSA) is 29.3 Å². The van der Waals surface area contributed by atoms with Crippen molar-refractivity contribution in [2.75, 3.05) is 5.32 Å². The van der Waals surface area contributed by atoms with Crippen molar-refractivity contribution >= 4 is 11.3 Å². The minimum Gasteiger partial charge on any atom is -0.377 e. The number of rotatable bonds is 3. The van der Waals surface area contributed by atoms with Crippen LogP contribution in [0.15, 0.2) is 42.7 Å². The SMILES string of the molecule is Cc1cc(F)c(NCc2cn3ccccc3n2)cc1F. The summed E-state index contributed by atoms with van der Waals surface area (Å²) in [4.78, 5) is 4.38. The Kier molecular flexibility index (Phi) is 3.10. The molecule has 3 nitrogen and oxygen atoms in total. The molecule has 1 N–H and O–H groups in total. The molecule has 2 heterocycles. The van der Waals surface area contributed by atoms with Crippen molar-refractivity contribution < 1.29 is 8.78 Å². The fourth-order valence-electron chi connectivity index (χ4n) is 2.04. The summed E-state index contributed by atoms with van der Waals surface area (Å²) in [5.41, 5.74) is 2.02. The van der Waals surface area contributed by atoms with E-state index in [0.717, 1.165) is 11.3 Å². The van der Waals surface area contributed by atoms with E-state index in [-0.39, 0.29) is 5.69 Å². The van der Waals surface area contributed by atoms with Crippen LogP contribution in [0.1, 0.15) is 11.3 Å². The van der Waals surface area contributed by atoms with Crippen LogP contribution in [-0.4, -0.2) is 9.38 Å². The zero-order valence-electron chi connectivity index (χ0n) is 10.9. The third kappa shape index (κ3) is 2.34. The molecule has 102 valence electrons. The number of nitrogens with one attached hydrogen (secondary N) is 1. The molecule has 0 radical (unpaired) electrons. The minimum absolute atomic E-state index is 0.144. The second-order valence-electron chi connectivity index (χ2n) is 4.63. The van der Waals surface area contributed by atoms with Crippen LogP contribution in [0.5, 0.6) is 0 Å². The van der Waals surface area contributed by atoms with Gasteiger partial charge in [0.25, 0.3) is 0 Å². The highest BCUT2D eigenvalue weighted by Crippen LogP contribution is 2.19. The van der Waals surface area contributed by atoms with E-state index in [1.54, 1.807) is 0 Å². The van der Waals surface area contributed by atoms with E-state index in [9.17, 15) is 8.78 Å². The van der Waals surface area contributed by atoms with Crippen molar-refractivity contribution in [3.63, 3.8) is 0 Å². The van der Waals surface area contributed by atoms with Gasteiger partial charge in [-0.1, -0.05) is 6.07 Å². The third-order valence-electron chi connectivity index (χ3n) is 3.12. The van der Waals surface area contributed by atoms with E-state index >= 15 is 0 Å². The van der Waals surface area contributed by atoms with Gasteiger partial charge < -0.3 is 9.72 Å². The Morgan fingerprint density at radius 2 is 2.05 bits per heavy atom. The molecule has 0 aliphatic carbocycles. The smallest absolute Gasteiger partial charge is 0.146 e. The number of halogens is 2. The van der Waals surface area contributed by atoms with Gasteiger partial charge >= 0.3 is 0 Å². The van der Waals surface area contributed by atoms with Crippen LogP contribution in [-0.2, 0) is 6.54 Å². The Morgan fingerprint density at radius 1 is 1.20 bits per heavy atom. The van der Waals surface area contributed by atoms with Crippen LogP contribution in [0.4, 0.5) is 14.5 Å². The van der Waals surface area contributed by atoms with Crippen molar-refractivity contribution in [2.45, 2.75) is 13.5 Å². The average molecular weight is 273 g/mol. The van der Waals surface area contributed by atoms with E-state index < -0.39 is 11.6 Å². The van der Waals surface area contributed by atoms with Crippen molar-refractivity contribution in [3.8, 4) is 0 Å². The molecular weight excluding hydrogens is 260 g/mol. The van der Waals surface area contributed by atoms with Gasteiger partial charge in [0.05, 0.1) is 17.9 Å². The first-order chi connectivity index (χ1) is 9.63. The van der Waals surface area contributed by atoms with E-state index in [4.69, 9.17) is 0 Å². The summed E-state index contributed by atoms with van der Waals surface area (Å²) in [5.74, 6) is -0.892. The molecule has 0 saturated carbocycles. The standard InChI is InChI=1S/C15H13F2N3/c1-10-6-13(17)14(7-12(10)16)18-8-11-9-20-5-3-2-4-15(20)19-11/h2-7,9,18H,8H2,1H3. The summed E-state index contributed by atoms with van der Waals surface area (Å²) in [6, 6.07) is 8.03. The molecule has 3 aromatic rings. The molecule has 3 rings (SSSR count). The monoisotopic (exact) mass is 273 g/mol. The molecule has 0 aliphatic heterocycles. The average Bonchev–Trinajstić information content (AvgIpc) is 2.84. The second-order valence-corrected chi connectivity index (χ2v) is 4.63. The fraction of sp³-hybridized carbons (Fsp3) is 0.133. The van der Waals surface area contributed by atoms with Gasteiger partial charge in [-0.25, -0.2) is 13.8 Å². The van der Waals surface area contributed by atoms with E-state index in [1.165, 1.54) is 19.1 Å². The maximum Gasteiger partial charge on any atom is 0.146 e. The highest BCUT2D eigenvalue weighted by molar-refractivity contribution is 5.47. The first-order valence-corrected chi connectivity index (χ1v) is 6.25. The Hall–Kier alpha value is -2.43. The fourth-order valence-corrected chi connectivity index (χ4v) is 2.04.